The molecule has 0 saturated carbocycles. The number of carboxylic acids is 1. The maximum Gasteiger partial charge on any atom is 0.339 e. The molecule has 0 amide bonds. The average molecular weight is 508 g/mol. The highest BCUT2D eigenvalue weighted by molar-refractivity contribution is 5.85. The van der Waals surface area contributed by atoms with E-state index in [9.17, 15) is 40.2 Å². The number of hydrogen-bond acceptors (Lipinski definition) is 11. The number of esters is 1. The summed E-state index contributed by atoms with van der Waals surface area (Å²) in [4.78, 5) is 23.9. The molecule has 0 aromatic heterocycles. The topological polar surface area (TPSA) is 203 Å². The Bertz CT molecular complexity index is 1020. The predicted octanol–water partition coefficient (Wildman–Crippen LogP) is -0.937. The van der Waals surface area contributed by atoms with Gasteiger partial charge in [0.05, 0.1) is 13.0 Å². The molecule has 1 aliphatic rings. The SMILES string of the molecule is O=C(O)C[C@](O)(Cc1ccc(O)cc1)C(=O)OCc1ccc(O[C@@H]2O[C@H](CO)[C@@H](O)[C@H](O)[C@H]2O)cc1. The number of hydrogen-bond donors (Lipinski definition) is 7. The third-order valence-electron chi connectivity index (χ3n) is 5.65. The third-order valence-corrected chi connectivity index (χ3v) is 5.65. The van der Waals surface area contributed by atoms with Crippen LogP contribution in [0.4, 0.5) is 0 Å². The summed E-state index contributed by atoms with van der Waals surface area (Å²) in [7, 11) is 0. The van der Waals surface area contributed by atoms with Crippen molar-refractivity contribution in [2.75, 3.05) is 6.61 Å². The van der Waals surface area contributed by atoms with Crippen LogP contribution in [0.3, 0.4) is 0 Å². The molecule has 6 atom stereocenters. The third kappa shape index (κ3) is 6.69. The highest BCUT2D eigenvalue weighted by Crippen LogP contribution is 2.25. The summed E-state index contributed by atoms with van der Waals surface area (Å²) in [5.41, 5.74) is -1.45. The Balaban J connectivity index is 1.61. The van der Waals surface area contributed by atoms with E-state index in [1.165, 1.54) is 48.5 Å². The van der Waals surface area contributed by atoms with E-state index in [-0.39, 0.29) is 24.5 Å². The summed E-state index contributed by atoms with van der Waals surface area (Å²) in [6.07, 6.45) is -8.41. The van der Waals surface area contributed by atoms with Gasteiger partial charge in [0.1, 0.15) is 42.5 Å². The number of carbonyl (C=O) groups excluding carboxylic acids is 1. The smallest absolute Gasteiger partial charge is 0.339 e. The average Bonchev–Trinajstić information content (AvgIpc) is 2.84. The van der Waals surface area contributed by atoms with E-state index in [4.69, 9.17) is 19.3 Å². The van der Waals surface area contributed by atoms with Crippen molar-refractivity contribution in [3.05, 3.63) is 59.7 Å². The van der Waals surface area contributed by atoms with Gasteiger partial charge in [-0.2, -0.15) is 0 Å². The van der Waals surface area contributed by atoms with Gasteiger partial charge in [0.2, 0.25) is 6.29 Å². The van der Waals surface area contributed by atoms with Gasteiger partial charge in [-0.15, -0.1) is 0 Å². The molecule has 12 heteroatoms. The Hall–Kier alpha value is -3.26. The van der Waals surface area contributed by atoms with Crippen LogP contribution >= 0.6 is 0 Å². The van der Waals surface area contributed by atoms with Crippen molar-refractivity contribution in [2.45, 2.75) is 55.8 Å². The zero-order valence-corrected chi connectivity index (χ0v) is 19.0. The first-order valence-electron chi connectivity index (χ1n) is 11.0. The number of aromatic hydroxyl groups is 1. The molecular weight excluding hydrogens is 480 g/mol. The van der Waals surface area contributed by atoms with Crippen molar-refractivity contribution in [2.24, 2.45) is 0 Å². The minimum atomic E-state index is -2.34. The van der Waals surface area contributed by atoms with Crippen molar-refractivity contribution in [1.82, 2.24) is 0 Å². The summed E-state index contributed by atoms with van der Waals surface area (Å²) < 4.78 is 15.9. The Labute approximate surface area is 205 Å². The molecule has 1 saturated heterocycles. The van der Waals surface area contributed by atoms with E-state index >= 15 is 0 Å². The van der Waals surface area contributed by atoms with Gasteiger partial charge in [0, 0.05) is 6.42 Å². The van der Waals surface area contributed by atoms with Gasteiger partial charge in [0.25, 0.3) is 0 Å². The standard InChI is InChI=1S/C24H28O12/c25-11-17-19(29)20(30)21(31)22(36-17)35-16-7-3-14(4-8-16)12-34-23(32)24(33,10-18(27)28)9-13-1-5-15(26)6-2-13/h1-8,17,19-22,25-26,29-31,33H,9-12H2,(H,27,28)/t17-,19-,20+,21-,22-,24-/m1/s1. The van der Waals surface area contributed by atoms with Gasteiger partial charge in [-0.3, -0.25) is 4.79 Å². The number of rotatable bonds is 10. The maximum atomic E-state index is 12.6. The Morgan fingerprint density at radius 3 is 2.11 bits per heavy atom. The number of benzene rings is 2. The number of phenols is 1. The lowest BCUT2D eigenvalue weighted by molar-refractivity contribution is -0.277. The number of phenolic OH excluding ortho intramolecular Hbond substituents is 1. The minimum absolute atomic E-state index is 0.0259. The molecule has 196 valence electrons. The zero-order chi connectivity index (χ0) is 26.5. The summed E-state index contributed by atoms with van der Waals surface area (Å²) in [6.45, 7) is -0.896. The second kappa shape index (κ2) is 11.6. The van der Waals surface area contributed by atoms with Crippen molar-refractivity contribution in [1.29, 1.82) is 0 Å². The van der Waals surface area contributed by atoms with Gasteiger partial charge < -0.3 is 50.0 Å². The fourth-order valence-electron chi connectivity index (χ4n) is 3.65. The Kier molecular flexibility index (Phi) is 8.84. The Morgan fingerprint density at radius 1 is 0.917 bits per heavy atom. The first-order chi connectivity index (χ1) is 17.0. The van der Waals surface area contributed by atoms with E-state index in [1.54, 1.807) is 0 Å². The molecule has 3 rings (SSSR count). The molecule has 0 bridgehead atoms. The lowest BCUT2D eigenvalue weighted by Gasteiger charge is -2.39. The van der Waals surface area contributed by atoms with Gasteiger partial charge >= 0.3 is 11.9 Å². The molecular formula is C24H28O12. The minimum Gasteiger partial charge on any atom is -0.508 e. The van der Waals surface area contributed by atoms with Crippen molar-refractivity contribution < 1.29 is 59.5 Å². The molecule has 0 radical (unpaired) electrons. The van der Waals surface area contributed by atoms with Gasteiger partial charge in [-0.05, 0) is 35.4 Å². The summed E-state index contributed by atoms with van der Waals surface area (Å²) >= 11 is 0. The fraction of sp³-hybridized carbons (Fsp3) is 0.417. The molecule has 2 aromatic carbocycles. The van der Waals surface area contributed by atoms with Crippen LogP contribution < -0.4 is 4.74 Å². The number of carbonyl (C=O) groups is 2. The summed E-state index contributed by atoms with van der Waals surface area (Å²) in [6, 6.07) is 11.5. The van der Waals surface area contributed by atoms with E-state index in [0.29, 0.717) is 11.1 Å². The Morgan fingerprint density at radius 2 is 1.53 bits per heavy atom. The fourth-order valence-corrected chi connectivity index (χ4v) is 3.65. The number of carboxylic acid groups (broad SMARTS) is 1. The summed E-state index contributed by atoms with van der Waals surface area (Å²) in [5.74, 6) is -2.37. The molecule has 0 spiro atoms. The van der Waals surface area contributed by atoms with Gasteiger partial charge in [-0.1, -0.05) is 24.3 Å². The van der Waals surface area contributed by atoms with Crippen LogP contribution in [0, 0.1) is 0 Å². The number of aliphatic hydroxyl groups is 5. The van der Waals surface area contributed by atoms with Gasteiger partial charge in [0.15, 0.2) is 5.60 Å². The van der Waals surface area contributed by atoms with Crippen molar-refractivity contribution in [3.63, 3.8) is 0 Å². The van der Waals surface area contributed by atoms with Crippen LogP contribution in [0.5, 0.6) is 11.5 Å². The van der Waals surface area contributed by atoms with Crippen LogP contribution in [-0.2, 0) is 32.1 Å². The largest absolute Gasteiger partial charge is 0.508 e. The predicted molar refractivity (Wildman–Crippen MR) is 120 cm³/mol. The van der Waals surface area contributed by atoms with E-state index in [0.717, 1.165) is 0 Å². The number of ether oxygens (including phenoxy) is 3. The normalized spacial score (nSPS) is 25.5. The van der Waals surface area contributed by atoms with E-state index in [2.05, 4.69) is 0 Å². The monoisotopic (exact) mass is 508 g/mol. The molecule has 36 heavy (non-hydrogen) atoms. The van der Waals surface area contributed by atoms with Crippen LogP contribution in [0.15, 0.2) is 48.5 Å². The lowest BCUT2D eigenvalue weighted by atomic mass is 9.91. The highest BCUT2D eigenvalue weighted by Gasteiger charge is 2.44. The second-order valence-corrected chi connectivity index (χ2v) is 8.48. The molecule has 1 fully saturated rings. The molecule has 0 unspecified atom stereocenters. The van der Waals surface area contributed by atoms with E-state index < -0.39 is 61.3 Å². The first kappa shape index (κ1) is 27.3. The maximum absolute atomic E-state index is 12.6. The van der Waals surface area contributed by atoms with Crippen molar-refractivity contribution >= 4 is 11.9 Å². The van der Waals surface area contributed by atoms with E-state index in [1.807, 2.05) is 0 Å². The van der Waals surface area contributed by atoms with Crippen LogP contribution in [0.25, 0.3) is 0 Å². The quantitative estimate of drug-likeness (QED) is 0.194. The highest BCUT2D eigenvalue weighted by atomic mass is 16.7. The lowest BCUT2D eigenvalue weighted by Crippen LogP contribution is -2.60. The molecule has 12 nitrogen and oxygen atoms in total. The van der Waals surface area contributed by atoms with Crippen LogP contribution in [0.2, 0.25) is 0 Å². The second-order valence-electron chi connectivity index (χ2n) is 8.48. The van der Waals surface area contributed by atoms with Crippen molar-refractivity contribution in [3.8, 4) is 11.5 Å². The molecule has 2 aromatic rings. The van der Waals surface area contributed by atoms with Crippen LogP contribution in [0.1, 0.15) is 17.5 Å². The number of aliphatic carboxylic acids is 1. The molecule has 1 aliphatic heterocycles. The summed E-state index contributed by atoms with van der Waals surface area (Å²) in [5, 5.41) is 68.3. The zero-order valence-electron chi connectivity index (χ0n) is 19.0. The first-order valence-corrected chi connectivity index (χ1v) is 11.0. The molecule has 7 N–H and O–H groups in total. The molecule has 1 heterocycles. The van der Waals surface area contributed by atoms with Crippen LogP contribution in [-0.4, -0.2) is 90.6 Å². The van der Waals surface area contributed by atoms with Gasteiger partial charge in [-0.25, -0.2) is 4.79 Å². The molecule has 0 aliphatic carbocycles. The number of aliphatic hydroxyl groups excluding tert-OH is 4.